The molecule has 0 aromatic rings. The lowest BCUT2D eigenvalue weighted by atomic mass is 10.8. The fourth-order valence-corrected chi connectivity index (χ4v) is 3.94. The molecule has 15 heteroatoms. The zero-order valence-corrected chi connectivity index (χ0v) is 16.7. The summed E-state index contributed by atoms with van der Waals surface area (Å²) in [5, 5.41) is 50.4. The van der Waals surface area contributed by atoms with Crippen molar-refractivity contribution in [2.75, 3.05) is 78.5 Å². The predicted molar refractivity (Wildman–Crippen MR) is 92.4 cm³/mol. The lowest BCUT2D eigenvalue weighted by Crippen LogP contribution is -2.10. The van der Waals surface area contributed by atoms with Crippen molar-refractivity contribution >= 4 is 14.3 Å². The molecule has 0 aromatic carbocycles. The number of aliphatic hydroxyl groups is 6. The van der Waals surface area contributed by atoms with Gasteiger partial charge in [0.15, 0.2) is 14.3 Å². The van der Waals surface area contributed by atoms with Gasteiger partial charge in [-0.1, -0.05) is 0 Å². The Hall–Kier alpha value is 0.0200. The van der Waals surface area contributed by atoms with E-state index in [0.717, 1.165) is 0 Å². The molecule has 0 heterocycles. The molecule has 0 atom stereocenters. The van der Waals surface area contributed by atoms with Gasteiger partial charge in [0, 0.05) is 0 Å². The first kappa shape index (κ1) is 29.2. The minimum Gasteiger partial charge on any atom is -0.394 e. The van der Waals surface area contributed by atoms with E-state index in [4.69, 9.17) is 35.4 Å². The average Bonchev–Trinajstić information content (AvgIpc) is 2.68. The van der Waals surface area contributed by atoms with Crippen LogP contribution >= 0.6 is 14.3 Å². The van der Waals surface area contributed by atoms with E-state index in [-0.39, 0.29) is 45.0 Å². The van der Waals surface area contributed by atoms with Crippen LogP contribution in [-0.2, 0) is 32.8 Å². The van der Waals surface area contributed by atoms with Crippen LogP contribution in [0.2, 0.25) is 0 Å². The van der Waals surface area contributed by atoms with Crippen LogP contribution < -0.4 is 0 Å². The lowest BCUT2D eigenvalue weighted by Gasteiger charge is -2.17. The predicted octanol–water partition coefficient (Wildman–Crippen LogP) is -1.69. The summed E-state index contributed by atoms with van der Waals surface area (Å²) < 4.78 is 46.4. The second kappa shape index (κ2) is 19.3. The van der Waals surface area contributed by atoms with E-state index in [1.54, 1.807) is 0 Å². The van der Waals surface area contributed by atoms with E-state index in [2.05, 4.69) is 18.9 Å². The van der Waals surface area contributed by atoms with Gasteiger partial charge in [0.2, 0.25) is 0 Å². The molecule has 0 aliphatic carbocycles. The van der Waals surface area contributed by atoms with E-state index >= 15 is 0 Å². The van der Waals surface area contributed by atoms with Crippen LogP contribution in [0.5, 0.6) is 0 Å². The van der Waals surface area contributed by atoms with Crippen molar-refractivity contribution in [3.05, 3.63) is 0 Å². The Bertz CT molecular complexity index is 385. The van der Waals surface area contributed by atoms with Gasteiger partial charge in [0.1, 0.15) is 65.3 Å². The van der Waals surface area contributed by atoms with Gasteiger partial charge in [-0.3, -0.25) is 0 Å². The molecular weight excluding hydrogens is 414 g/mol. The summed E-state index contributed by atoms with van der Waals surface area (Å²) in [5.74, 6) is 0. The number of rotatable bonds is 17. The average molecular weight is 444 g/mol. The van der Waals surface area contributed by atoms with Crippen LogP contribution in [0.1, 0.15) is 0 Å². The summed E-state index contributed by atoms with van der Waals surface area (Å²) >= 11 is 0. The van der Waals surface area contributed by atoms with Crippen molar-refractivity contribution in [3.8, 4) is 0 Å². The molecule has 27 heavy (non-hydrogen) atoms. The number of hydrogen-bond acceptors (Lipinski definition) is 13. The molecule has 0 amide bonds. The molecule has 0 unspecified atom stereocenters. The van der Waals surface area contributed by atoms with E-state index in [1.165, 1.54) is 0 Å². The van der Waals surface area contributed by atoms with Gasteiger partial charge in [-0.2, -0.15) is 0 Å². The van der Waals surface area contributed by atoms with Crippen LogP contribution in [0.4, 0.5) is 0 Å². The summed E-state index contributed by atoms with van der Waals surface area (Å²) in [5.41, 5.74) is 0. The minimum absolute atomic E-state index is 0.0717. The Balaban J connectivity index is 0. The number of ether oxygens (including phenoxy) is 5. The first-order valence-corrected chi connectivity index (χ1v) is 12.1. The smallest absolute Gasteiger partial charge is 0.161 e. The molecule has 0 fully saturated rings. The van der Waals surface area contributed by atoms with Crippen molar-refractivity contribution < 1.29 is 63.5 Å². The van der Waals surface area contributed by atoms with Gasteiger partial charge in [-0.05, 0) is 0 Å². The van der Waals surface area contributed by atoms with E-state index in [9.17, 15) is 9.13 Å². The molecule has 0 rings (SSSR count). The zero-order valence-electron chi connectivity index (χ0n) is 14.9. The lowest BCUT2D eigenvalue weighted by molar-refractivity contribution is 0.00693. The highest BCUT2D eigenvalue weighted by atomic mass is 31.2. The van der Waals surface area contributed by atoms with E-state index < -0.39 is 47.8 Å². The topological polar surface area (TPSA) is 202 Å². The number of aliphatic hydroxyl groups excluding tert-OH is 6. The fraction of sp³-hybridized carbons (Fsp3) is 1.00. The molecular formula is C12H30O13P2. The SMILES string of the molecule is O=P(CO)(COCO)COCO.O=P(COCO)(COCO)COCCO. The zero-order chi connectivity index (χ0) is 21.0. The van der Waals surface area contributed by atoms with Gasteiger partial charge < -0.3 is 63.5 Å². The molecule has 166 valence electrons. The highest BCUT2D eigenvalue weighted by molar-refractivity contribution is 7.63. The Morgan fingerprint density at radius 3 is 1.15 bits per heavy atom. The second-order valence-corrected chi connectivity index (χ2v) is 10.7. The van der Waals surface area contributed by atoms with Crippen molar-refractivity contribution in [1.29, 1.82) is 0 Å². The van der Waals surface area contributed by atoms with Crippen LogP contribution in [-0.4, -0.2) is 109 Å². The van der Waals surface area contributed by atoms with Gasteiger partial charge >= 0.3 is 0 Å². The summed E-state index contributed by atoms with van der Waals surface area (Å²) in [6.45, 7) is -2.28. The minimum atomic E-state index is -2.94. The van der Waals surface area contributed by atoms with Crippen LogP contribution in [0, 0.1) is 0 Å². The maximum Gasteiger partial charge on any atom is 0.161 e. The molecule has 0 saturated carbocycles. The first-order valence-electron chi connectivity index (χ1n) is 7.55. The Morgan fingerprint density at radius 2 is 0.852 bits per heavy atom. The van der Waals surface area contributed by atoms with Gasteiger partial charge in [0.25, 0.3) is 0 Å². The van der Waals surface area contributed by atoms with Gasteiger partial charge in [-0.25, -0.2) is 0 Å². The Kier molecular flexibility index (Phi) is 20.9. The largest absolute Gasteiger partial charge is 0.394 e. The number of hydrogen-bond donors (Lipinski definition) is 6. The normalized spacial score (nSPS) is 11.9. The summed E-state index contributed by atoms with van der Waals surface area (Å²) in [4.78, 5) is 0. The quantitative estimate of drug-likeness (QED) is 0.0843. The highest BCUT2D eigenvalue weighted by Crippen LogP contribution is 2.45. The maximum absolute atomic E-state index is 11.9. The van der Waals surface area contributed by atoms with Crippen molar-refractivity contribution in [3.63, 3.8) is 0 Å². The van der Waals surface area contributed by atoms with Crippen LogP contribution in [0.25, 0.3) is 0 Å². The van der Waals surface area contributed by atoms with Gasteiger partial charge in [-0.15, -0.1) is 0 Å². The van der Waals surface area contributed by atoms with E-state index in [1.807, 2.05) is 0 Å². The summed E-state index contributed by atoms with van der Waals surface area (Å²) in [6, 6.07) is 0. The Morgan fingerprint density at radius 1 is 0.519 bits per heavy atom. The second-order valence-electron chi connectivity index (χ2n) is 4.87. The van der Waals surface area contributed by atoms with Crippen molar-refractivity contribution in [2.24, 2.45) is 0 Å². The molecule has 0 saturated heterocycles. The van der Waals surface area contributed by atoms with Crippen LogP contribution in [0.3, 0.4) is 0 Å². The van der Waals surface area contributed by atoms with Crippen molar-refractivity contribution in [1.82, 2.24) is 0 Å². The summed E-state index contributed by atoms with van der Waals surface area (Å²) in [7, 11) is -5.82. The Labute approximate surface area is 157 Å². The molecule has 0 bridgehead atoms. The molecule has 13 nitrogen and oxygen atoms in total. The third-order valence-corrected chi connectivity index (χ3v) is 6.27. The molecule has 0 radical (unpaired) electrons. The maximum atomic E-state index is 11.9. The third kappa shape index (κ3) is 17.8. The highest BCUT2D eigenvalue weighted by Gasteiger charge is 2.23. The molecule has 6 N–H and O–H groups in total. The van der Waals surface area contributed by atoms with Crippen LogP contribution in [0.15, 0.2) is 0 Å². The summed E-state index contributed by atoms with van der Waals surface area (Å²) in [6.07, 6.45) is -1.55. The first-order chi connectivity index (χ1) is 12.9. The van der Waals surface area contributed by atoms with Crippen molar-refractivity contribution in [2.45, 2.75) is 0 Å². The monoisotopic (exact) mass is 444 g/mol. The van der Waals surface area contributed by atoms with E-state index in [0.29, 0.717) is 0 Å². The van der Waals surface area contributed by atoms with Gasteiger partial charge in [0.05, 0.1) is 13.2 Å². The standard InChI is InChI=1S/C7H17O7P.C5H13O6P/c8-1-2-12-5-15(11,6-13-3-9)7-14-4-10;6-1-10-4-12(9,3-8)5-11-2-7/h8-10H,1-7H2;6-8H,1-5H2. The molecule has 0 spiro atoms. The molecule has 0 aliphatic rings. The molecule has 0 aliphatic heterocycles. The fourth-order valence-electron chi connectivity index (χ4n) is 1.35. The third-order valence-electron chi connectivity index (χ3n) is 2.49. The molecule has 0 aromatic heterocycles.